The molecule has 20 aromatic rings. The summed E-state index contributed by atoms with van der Waals surface area (Å²) >= 11 is 0. The Balaban J connectivity index is 0.715. The van der Waals surface area contributed by atoms with Crippen molar-refractivity contribution in [2.75, 3.05) is 0 Å². The molecule has 0 saturated carbocycles. The van der Waals surface area contributed by atoms with E-state index in [0.717, 1.165) is 133 Å². The largest absolute Gasteiger partial charge is 0.264 e. The van der Waals surface area contributed by atoms with Crippen molar-refractivity contribution in [1.29, 1.82) is 0 Å². The van der Waals surface area contributed by atoms with E-state index in [1.54, 1.807) is 0 Å². The molecule has 0 atom stereocenters. The molecule has 100 heavy (non-hydrogen) atoms. The lowest BCUT2D eigenvalue weighted by molar-refractivity contribution is 1.18. The normalized spacial score (nSPS) is 11.8. The summed E-state index contributed by atoms with van der Waals surface area (Å²) in [5.74, 6) is 1.28. The first-order valence-corrected chi connectivity index (χ1v) is 33.9. The minimum Gasteiger partial charge on any atom is -0.264 e. The molecule has 0 aliphatic rings. The fourth-order valence-electron chi connectivity index (χ4n) is 15.5. The Hall–Kier alpha value is -13.4. The first-order chi connectivity index (χ1) is 49.5. The van der Waals surface area contributed by atoms with E-state index in [4.69, 9.17) is 24.9 Å². The summed E-state index contributed by atoms with van der Waals surface area (Å²) in [4.78, 5) is 31.3. The Morgan fingerprint density at radius 3 is 1.14 bits per heavy atom. The van der Waals surface area contributed by atoms with Crippen LogP contribution in [0.4, 0.5) is 0 Å². The lowest BCUT2D eigenvalue weighted by atomic mass is 9.89. The standard InChI is InChI=1S/C94H56N6/c1-2-12-68-49-69(36-25-57(68)11-1)58-23-32-66(33-24-58)93-99-87(79-43-38-65-31-29-61-15-8-17-63-40-46-82(79)92(65)90(61)63)54-88(100-93)80-44-41-70(51-84(80)73-19-10-48-96-56-73)74-50-71-13-3-4-20-75(71)83(52-74)59-26-34-67(35-27-59)94-97-85(77-22-6-5-21-76(77)72-18-9-47-95-55-72)53-86(98-94)78-42-37-64-30-28-60-14-7-16-62-39-45-81(78)91(64)89(60)62/h1-56H. The average Bonchev–Trinajstić information content (AvgIpc) is 0.730. The molecule has 0 unspecified atom stereocenters. The van der Waals surface area contributed by atoms with E-state index in [9.17, 15) is 0 Å². The number of aromatic nitrogens is 6. The number of benzene rings is 16. The SMILES string of the molecule is c1cncc(-c2ccccc2-c2cc(-c3ccc4ccc5cccc6ccc3c4c56)nc(-c3ccc(-c4cc(-c5ccc(-c6cc(-c7ccc8ccc9cccc%10ccc7c8c9%10)nc(-c7ccc(-c8ccc9ccccc9c8)cc7)n6)c(-c6cccnc6)c5)cc5ccccc45)cc3)n2)c1. The molecule has 0 fully saturated rings. The van der Waals surface area contributed by atoms with Gasteiger partial charge in [0.2, 0.25) is 0 Å². The molecule has 0 N–H and O–H groups in total. The van der Waals surface area contributed by atoms with E-state index >= 15 is 0 Å². The Labute approximate surface area is 576 Å². The Bertz CT molecular complexity index is 6600. The van der Waals surface area contributed by atoms with Crippen LogP contribution in [-0.2, 0) is 0 Å². The van der Waals surface area contributed by atoms with E-state index in [0.29, 0.717) is 11.6 Å². The molecule has 20 rings (SSSR count). The van der Waals surface area contributed by atoms with Crippen LogP contribution in [0, 0.1) is 0 Å². The van der Waals surface area contributed by atoms with Crippen molar-refractivity contribution in [1.82, 2.24) is 29.9 Å². The van der Waals surface area contributed by atoms with Crippen LogP contribution in [0.2, 0.25) is 0 Å². The Morgan fingerprint density at radius 1 is 0.170 bits per heavy atom. The third-order valence-electron chi connectivity index (χ3n) is 20.4. The van der Waals surface area contributed by atoms with Crippen LogP contribution in [0.25, 0.3) is 210 Å². The second kappa shape index (κ2) is 23.2. The van der Waals surface area contributed by atoms with Gasteiger partial charge in [0.05, 0.1) is 22.8 Å². The number of fused-ring (bicyclic) bond motifs is 2. The van der Waals surface area contributed by atoms with E-state index < -0.39 is 0 Å². The summed E-state index contributed by atoms with van der Waals surface area (Å²) in [6.45, 7) is 0. The number of pyridine rings is 2. The average molecular weight is 1270 g/mol. The molecule has 0 radical (unpaired) electrons. The van der Waals surface area contributed by atoms with Gasteiger partial charge in [-0.25, -0.2) is 19.9 Å². The van der Waals surface area contributed by atoms with Gasteiger partial charge in [0.1, 0.15) is 0 Å². The van der Waals surface area contributed by atoms with E-state index in [1.807, 2.05) is 36.9 Å². The lowest BCUT2D eigenvalue weighted by Gasteiger charge is -2.17. The first kappa shape index (κ1) is 56.9. The molecule has 0 saturated heterocycles. The predicted octanol–water partition coefficient (Wildman–Crippen LogP) is 24.5. The highest BCUT2D eigenvalue weighted by Gasteiger charge is 2.22. The predicted molar refractivity (Wildman–Crippen MR) is 415 cm³/mol. The van der Waals surface area contributed by atoms with Crippen molar-refractivity contribution in [2.24, 2.45) is 0 Å². The van der Waals surface area contributed by atoms with Gasteiger partial charge in [-0.1, -0.05) is 267 Å². The van der Waals surface area contributed by atoms with Crippen LogP contribution in [0.3, 0.4) is 0 Å². The quantitative estimate of drug-likeness (QED) is 0.120. The lowest BCUT2D eigenvalue weighted by Crippen LogP contribution is -1.98. The molecule has 4 heterocycles. The van der Waals surface area contributed by atoms with Crippen molar-refractivity contribution in [3.63, 3.8) is 0 Å². The number of hydrogen-bond acceptors (Lipinski definition) is 6. The maximum atomic E-state index is 5.56. The highest BCUT2D eigenvalue weighted by Crippen LogP contribution is 2.46. The van der Waals surface area contributed by atoms with E-state index in [1.165, 1.54) is 64.6 Å². The summed E-state index contributed by atoms with van der Waals surface area (Å²) in [6.07, 6.45) is 7.53. The fraction of sp³-hybridized carbons (Fsp3) is 0. The van der Waals surface area contributed by atoms with Crippen LogP contribution >= 0.6 is 0 Å². The molecule has 6 heteroatoms. The van der Waals surface area contributed by atoms with Crippen LogP contribution in [-0.4, -0.2) is 29.9 Å². The number of nitrogens with zero attached hydrogens (tertiary/aromatic N) is 6. The van der Waals surface area contributed by atoms with Crippen molar-refractivity contribution < 1.29 is 0 Å². The van der Waals surface area contributed by atoms with Gasteiger partial charge in [-0.05, 0) is 179 Å². The van der Waals surface area contributed by atoms with Gasteiger partial charge in [-0.15, -0.1) is 0 Å². The summed E-state index contributed by atoms with van der Waals surface area (Å²) < 4.78 is 0. The third kappa shape index (κ3) is 9.64. The third-order valence-corrected chi connectivity index (χ3v) is 20.4. The summed E-state index contributed by atoms with van der Waals surface area (Å²) in [7, 11) is 0. The molecular formula is C94H56N6. The van der Waals surface area contributed by atoms with Crippen molar-refractivity contribution in [3.8, 4) is 123 Å². The fourth-order valence-corrected chi connectivity index (χ4v) is 15.5. The second-order valence-electron chi connectivity index (χ2n) is 26.1. The van der Waals surface area contributed by atoms with Gasteiger partial charge in [0.15, 0.2) is 11.6 Å². The smallest absolute Gasteiger partial charge is 0.160 e. The summed E-state index contributed by atoms with van der Waals surface area (Å²) in [5.41, 5.74) is 19.9. The van der Waals surface area contributed by atoms with Gasteiger partial charge in [0.25, 0.3) is 0 Å². The molecule has 0 aliphatic carbocycles. The van der Waals surface area contributed by atoms with Crippen molar-refractivity contribution in [3.05, 3.63) is 340 Å². The molecular weight excluding hydrogens is 1210 g/mol. The van der Waals surface area contributed by atoms with Gasteiger partial charge < -0.3 is 0 Å². The maximum Gasteiger partial charge on any atom is 0.160 e. The van der Waals surface area contributed by atoms with Gasteiger partial charge in [-0.2, -0.15) is 0 Å². The minimum absolute atomic E-state index is 0.640. The molecule has 0 bridgehead atoms. The summed E-state index contributed by atoms with van der Waals surface area (Å²) in [6, 6.07) is 114. The van der Waals surface area contributed by atoms with Gasteiger partial charge >= 0.3 is 0 Å². The topological polar surface area (TPSA) is 77.3 Å². The second-order valence-corrected chi connectivity index (χ2v) is 26.1. The number of rotatable bonds is 11. The number of hydrogen-bond donors (Lipinski definition) is 0. The molecule has 4 aromatic heterocycles. The zero-order valence-electron chi connectivity index (χ0n) is 54.0. The van der Waals surface area contributed by atoms with Gasteiger partial charge in [-0.3, -0.25) is 9.97 Å². The van der Waals surface area contributed by atoms with Crippen LogP contribution < -0.4 is 0 Å². The maximum absolute atomic E-state index is 5.56. The molecule has 0 aliphatic heterocycles. The van der Waals surface area contributed by atoms with E-state index in [-0.39, 0.29) is 0 Å². The molecule has 6 nitrogen and oxygen atoms in total. The van der Waals surface area contributed by atoms with Crippen LogP contribution in [0.1, 0.15) is 0 Å². The molecule has 16 aromatic carbocycles. The molecule has 0 amide bonds. The minimum atomic E-state index is 0.640. The molecule has 462 valence electrons. The highest BCUT2D eigenvalue weighted by atomic mass is 14.9. The van der Waals surface area contributed by atoms with Crippen LogP contribution in [0.15, 0.2) is 340 Å². The highest BCUT2D eigenvalue weighted by molar-refractivity contribution is 6.27. The van der Waals surface area contributed by atoms with Crippen molar-refractivity contribution in [2.45, 2.75) is 0 Å². The zero-order chi connectivity index (χ0) is 65.8. The van der Waals surface area contributed by atoms with Crippen LogP contribution in [0.5, 0.6) is 0 Å². The van der Waals surface area contributed by atoms with Crippen molar-refractivity contribution >= 4 is 86.2 Å². The van der Waals surface area contributed by atoms with E-state index in [2.05, 4.69) is 308 Å². The zero-order valence-corrected chi connectivity index (χ0v) is 54.0. The summed E-state index contributed by atoms with van der Waals surface area (Å²) in [5, 5.41) is 19.4. The Kier molecular flexibility index (Phi) is 13.2. The first-order valence-electron chi connectivity index (χ1n) is 33.9. The molecule has 0 spiro atoms. The Morgan fingerprint density at radius 2 is 0.560 bits per heavy atom. The van der Waals surface area contributed by atoms with Gasteiger partial charge in [0, 0.05) is 69.3 Å². The monoisotopic (exact) mass is 1270 g/mol.